The SMILES string of the molecule is COc1ccc(S(=O)(=O)N(CC(=O)N[C@H](C)c2ccc3c(c2)CCCC3)c2cccc(Cl)c2)cc1. The Morgan fingerprint density at radius 1 is 1.03 bits per heavy atom. The minimum atomic E-state index is -4.05. The van der Waals surface area contributed by atoms with Crippen LogP contribution in [0.1, 0.15) is 42.5 Å². The first kappa shape index (κ1) is 25.1. The van der Waals surface area contributed by atoms with Crippen LogP contribution in [-0.2, 0) is 27.7 Å². The Balaban J connectivity index is 1.57. The molecule has 0 aromatic heterocycles. The molecular weight excluding hydrogens is 484 g/mol. The summed E-state index contributed by atoms with van der Waals surface area (Å²) in [4.78, 5) is 13.1. The highest BCUT2D eigenvalue weighted by Gasteiger charge is 2.28. The van der Waals surface area contributed by atoms with Crippen molar-refractivity contribution in [1.29, 1.82) is 0 Å². The molecule has 0 fully saturated rings. The summed E-state index contributed by atoms with van der Waals surface area (Å²) in [6.07, 6.45) is 4.52. The van der Waals surface area contributed by atoms with Crippen LogP contribution in [0.3, 0.4) is 0 Å². The van der Waals surface area contributed by atoms with E-state index in [-0.39, 0.29) is 17.5 Å². The molecule has 1 atom stereocenters. The van der Waals surface area contributed by atoms with Crippen molar-refractivity contribution in [2.45, 2.75) is 43.5 Å². The fourth-order valence-corrected chi connectivity index (χ4v) is 5.94. The summed E-state index contributed by atoms with van der Waals surface area (Å²) in [6, 6.07) is 18.6. The zero-order valence-electron chi connectivity index (χ0n) is 19.8. The largest absolute Gasteiger partial charge is 0.497 e. The third kappa shape index (κ3) is 5.80. The highest BCUT2D eigenvalue weighted by Crippen LogP contribution is 2.28. The van der Waals surface area contributed by atoms with E-state index in [1.807, 2.05) is 13.0 Å². The van der Waals surface area contributed by atoms with Crippen LogP contribution in [-0.4, -0.2) is 28.0 Å². The number of benzene rings is 3. The van der Waals surface area contributed by atoms with Gasteiger partial charge < -0.3 is 10.1 Å². The summed E-state index contributed by atoms with van der Waals surface area (Å²) >= 11 is 6.14. The Kier molecular flexibility index (Phi) is 7.67. The number of rotatable bonds is 8. The summed E-state index contributed by atoms with van der Waals surface area (Å²) in [5.74, 6) is 0.127. The molecule has 3 aromatic rings. The van der Waals surface area contributed by atoms with Crippen molar-refractivity contribution in [3.05, 3.63) is 88.4 Å². The normalized spacial score (nSPS) is 14.0. The van der Waals surface area contributed by atoms with Gasteiger partial charge in [0.05, 0.1) is 23.7 Å². The number of nitrogens with zero attached hydrogens (tertiary/aromatic N) is 1. The van der Waals surface area contributed by atoms with E-state index in [0.717, 1.165) is 22.7 Å². The molecule has 0 spiro atoms. The molecule has 0 bridgehead atoms. The third-order valence-corrected chi connectivity index (χ3v) is 8.30. The second-order valence-corrected chi connectivity index (χ2v) is 11.0. The molecule has 3 aromatic carbocycles. The maximum atomic E-state index is 13.6. The molecule has 35 heavy (non-hydrogen) atoms. The van der Waals surface area contributed by atoms with Gasteiger partial charge in [0.25, 0.3) is 10.0 Å². The topological polar surface area (TPSA) is 75.7 Å². The average Bonchev–Trinajstić information content (AvgIpc) is 2.86. The second-order valence-electron chi connectivity index (χ2n) is 8.69. The summed E-state index contributed by atoms with van der Waals surface area (Å²) in [7, 11) is -2.54. The van der Waals surface area contributed by atoms with Crippen molar-refractivity contribution in [1.82, 2.24) is 5.32 Å². The monoisotopic (exact) mass is 512 g/mol. The van der Waals surface area contributed by atoms with Crippen LogP contribution >= 0.6 is 11.6 Å². The molecule has 8 heteroatoms. The smallest absolute Gasteiger partial charge is 0.264 e. The molecule has 1 aliphatic carbocycles. The number of hydrogen-bond acceptors (Lipinski definition) is 4. The number of methoxy groups -OCH3 is 1. The molecule has 1 N–H and O–H groups in total. The van der Waals surface area contributed by atoms with Gasteiger partial charge in [-0.05, 0) is 91.8 Å². The molecule has 0 radical (unpaired) electrons. The van der Waals surface area contributed by atoms with E-state index in [1.165, 1.54) is 49.3 Å². The molecule has 184 valence electrons. The van der Waals surface area contributed by atoms with Crippen LogP contribution in [0.25, 0.3) is 0 Å². The lowest BCUT2D eigenvalue weighted by Crippen LogP contribution is -2.41. The maximum absolute atomic E-state index is 13.6. The number of carbonyl (C=O) groups is 1. The number of anilines is 1. The summed E-state index contributed by atoms with van der Waals surface area (Å²) in [5.41, 5.74) is 4.02. The number of fused-ring (bicyclic) bond motifs is 1. The summed E-state index contributed by atoms with van der Waals surface area (Å²) < 4.78 is 33.3. The Labute approximate surface area is 211 Å². The van der Waals surface area contributed by atoms with Crippen molar-refractivity contribution in [3.8, 4) is 5.75 Å². The first-order chi connectivity index (χ1) is 16.8. The summed E-state index contributed by atoms with van der Waals surface area (Å²) in [5, 5.41) is 3.34. The average molecular weight is 513 g/mol. The van der Waals surface area contributed by atoms with Crippen LogP contribution in [0.4, 0.5) is 5.69 Å². The highest BCUT2D eigenvalue weighted by atomic mass is 35.5. The van der Waals surface area contributed by atoms with E-state index >= 15 is 0 Å². The Hall–Kier alpha value is -3.03. The lowest BCUT2D eigenvalue weighted by Gasteiger charge is -2.26. The predicted molar refractivity (Wildman–Crippen MR) is 139 cm³/mol. The fraction of sp³-hybridized carbons (Fsp3) is 0.296. The standard InChI is InChI=1S/C27H29ClN2O4S/c1-19(21-11-10-20-6-3-4-7-22(20)16-21)29-27(31)18-30(24-9-5-8-23(28)17-24)35(32,33)26-14-12-25(34-2)13-15-26/h5,8-17,19H,3-4,6-7,18H2,1-2H3,(H,29,31)/t19-/m1/s1. The molecule has 4 rings (SSSR count). The minimum absolute atomic E-state index is 0.0498. The second kappa shape index (κ2) is 10.7. The van der Waals surface area contributed by atoms with E-state index in [9.17, 15) is 13.2 Å². The molecule has 0 saturated heterocycles. The molecule has 6 nitrogen and oxygen atoms in total. The minimum Gasteiger partial charge on any atom is -0.497 e. The molecule has 0 aliphatic heterocycles. The van der Waals surface area contributed by atoms with E-state index in [4.69, 9.17) is 16.3 Å². The first-order valence-corrected chi connectivity index (χ1v) is 13.4. The highest BCUT2D eigenvalue weighted by molar-refractivity contribution is 7.92. The lowest BCUT2D eigenvalue weighted by atomic mass is 9.89. The maximum Gasteiger partial charge on any atom is 0.264 e. The number of nitrogens with one attached hydrogen (secondary N) is 1. The van der Waals surface area contributed by atoms with Crippen molar-refractivity contribution in [2.24, 2.45) is 0 Å². The number of sulfonamides is 1. The van der Waals surface area contributed by atoms with Gasteiger partial charge >= 0.3 is 0 Å². The Morgan fingerprint density at radius 2 is 1.74 bits per heavy atom. The van der Waals surface area contributed by atoms with Gasteiger partial charge in [-0.3, -0.25) is 9.10 Å². The van der Waals surface area contributed by atoms with Crippen molar-refractivity contribution < 1.29 is 17.9 Å². The van der Waals surface area contributed by atoms with E-state index < -0.39 is 15.9 Å². The van der Waals surface area contributed by atoms with Crippen molar-refractivity contribution in [3.63, 3.8) is 0 Å². The summed E-state index contributed by atoms with van der Waals surface area (Å²) in [6.45, 7) is 1.52. The van der Waals surface area contributed by atoms with Crippen LogP contribution in [0.2, 0.25) is 5.02 Å². The third-order valence-electron chi connectivity index (χ3n) is 6.28. The van der Waals surface area contributed by atoms with Gasteiger partial charge in [-0.25, -0.2) is 8.42 Å². The van der Waals surface area contributed by atoms with E-state index in [1.54, 1.807) is 30.3 Å². The number of amides is 1. The Bertz CT molecular complexity index is 1310. The van der Waals surface area contributed by atoms with Gasteiger partial charge in [0, 0.05) is 5.02 Å². The van der Waals surface area contributed by atoms with Gasteiger partial charge in [0.1, 0.15) is 12.3 Å². The number of hydrogen-bond donors (Lipinski definition) is 1. The number of halogens is 1. The first-order valence-electron chi connectivity index (χ1n) is 11.6. The molecule has 1 aliphatic rings. The predicted octanol–water partition coefficient (Wildman–Crippen LogP) is 5.30. The van der Waals surface area contributed by atoms with Crippen LogP contribution in [0.15, 0.2) is 71.6 Å². The van der Waals surface area contributed by atoms with Gasteiger partial charge in [-0.15, -0.1) is 0 Å². The Morgan fingerprint density at radius 3 is 2.43 bits per heavy atom. The number of ether oxygens (including phenoxy) is 1. The molecular formula is C27H29ClN2O4S. The van der Waals surface area contributed by atoms with Gasteiger partial charge in [-0.1, -0.05) is 35.9 Å². The zero-order valence-corrected chi connectivity index (χ0v) is 21.4. The molecule has 0 heterocycles. The van der Waals surface area contributed by atoms with E-state index in [0.29, 0.717) is 16.5 Å². The fourth-order valence-electron chi connectivity index (χ4n) is 4.34. The van der Waals surface area contributed by atoms with E-state index in [2.05, 4.69) is 17.4 Å². The number of carbonyl (C=O) groups excluding carboxylic acids is 1. The van der Waals surface area contributed by atoms with Crippen molar-refractivity contribution >= 4 is 33.2 Å². The molecule has 1 amide bonds. The van der Waals surface area contributed by atoms with Crippen molar-refractivity contribution in [2.75, 3.05) is 18.0 Å². The zero-order chi connectivity index (χ0) is 25.0. The van der Waals surface area contributed by atoms with Gasteiger partial charge in [-0.2, -0.15) is 0 Å². The number of aryl methyl sites for hydroxylation is 2. The molecule has 0 saturated carbocycles. The lowest BCUT2D eigenvalue weighted by molar-refractivity contribution is -0.120. The molecule has 0 unspecified atom stereocenters. The van der Waals surface area contributed by atoms with Gasteiger partial charge in [0.15, 0.2) is 0 Å². The van der Waals surface area contributed by atoms with Crippen LogP contribution < -0.4 is 14.4 Å². The van der Waals surface area contributed by atoms with Gasteiger partial charge in [0.2, 0.25) is 5.91 Å². The van der Waals surface area contributed by atoms with Crippen LogP contribution in [0, 0.1) is 0 Å². The van der Waals surface area contributed by atoms with Crippen LogP contribution in [0.5, 0.6) is 5.75 Å². The quantitative estimate of drug-likeness (QED) is 0.444.